The van der Waals surface area contributed by atoms with Crippen LogP contribution >= 0.6 is 15.9 Å². The van der Waals surface area contributed by atoms with Crippen LogP contribution in [-0.2, 0) is 20.2 Å². The van der Waals surface area contributed by atoms with E-state index in [1.54, 1.807) is 31.0 Å². The van der Waals surface area contributed by atoms with Crippen molar-refractivity contribution in [2.75, 3.05) is 12.4 Å². The van der Waals surface area contributed by atoms with Gasteiger partial charge in [-0.3, -0.25) is 0 Å². The van der Waals surface area contributed by atoms with Crippen molar-refractivity contribution in [3.8, 4) is 11.5 Å². The van der Waals surface area contributed by atoms with Crippen LogP contribution in [0.15, 0.2) is 40.9 Å². The van der Waals surface area contributed by atoms with E-state index >= 15 is 0 Å². The van der Waals surface area contributed by atoms with Crippen molar-refractivity contribution in [1.29, 1.82) is 0 Å². The topological polar surface area (TPSA) is 74.1 Å². The van der Waals surface area contributed by atoms with Crippen LogP contribution in [0.5, 0.6) is 11.5 Å². The van der Waals surface area contributed by atoms with Crippen LogP contribution in [0.4, 0.5) is 10.3 Å². The van der Waals surface area contributed by atoms with Crippen molar-refractivity contribution >= 4 is 21.9 Å². The highest BCUT2D eigenvalue weighted by molar-refractivity contribution is 9.10. The van der Waals surface area contributed by atoms with Crippen molar-refractivity contribution in [1.82, 2.24) is 20.2 Å². The van der Waals surface area contributed by atoms with Gasteiger partial charge in [0.15, 0.2) is 11.5 Å². The maximum atomic E-state index is 13.0. The van der Waals surface area contributed by atoms with Crippen LogP contribution in [0.3, 0.4) is 0 Å². The zero-order valence-electron chi connectivity index (χ0n) is 14.2. The minimum absolute atomic E-state index is 0.274. The molecule has 0 aliphatic heterocycles. The molecule has 0 unspecified atom stereocenters. The summed E-state index contributed by atoms with van der Waals surface area (Å²) in [5, 5.41) is 14.4. The van der Waals surface area contributed by atoms with E-state index in [2.05, 4.69) is 36.8 Å². The van der Waals surface area contributed by atoms with E-state index in [-0.39, 0.29) is 5.82 Å². The summed E-state index contributed by atoms with van der Waals surface area (Å²) >= 11 is 3.55. The molecule has 0 spiro atoms. The summed E-state index contributed by atoms with van der Waals surface area (Å²) in [6.07, 6.45) is 0. The number of hydrogen-bond donors (Lipinski definition) is 1. The number of ether oxygens (including phenoxy) is 2. The van der Waals surface area contributed by atoms with Gasteiger partial charge in [-0.25, -0.2) is 9.07 Å². The lowest BCUT2D eigenvalue weighted by Crippen LogP contribution is -2.07. The average molecular weight is 422 g/mol. The molecule has 3 aromatic rings. The van der Waals surface area contributed by atoms with Gasteiger partial charge >= 0.3 is 0 Å². The zero-order valence-corrected chi connectivity index (χ0v) is 15.8. The molecule has 0 radical (unpaired) electrons. The molecule has 1 N–H and O–H groups in total. The molecular formula is C17H17BrFN5O2. The smallest absolute Gasteiger partial charge is 0.242 e. The summed E-state index contributed by atoms with van der Waals surface area (Å²) in [4.78, 5) is 0. The zero-order chi connectivity index (χ0) is 18.5. The number of tetrazole rings is 1. The van der Waals surface area contributed by atoms with Crippen molar-refractivity contribution < 1.29 is 13.9 Å². The fourth-order valence-electron chi connectivity index (χ4n) is 2.28. The molecule has 0 bridgehead atoms. The molecule has 0 atom stereocenters. The van der Waals surface area contributed by atoms with Crippen LogP contribution in [0.2, 0.25) is 0 Å². The van der Waals surface area contributed by atoms with E-state index < -0.39 is 0 Å². The Hall–Kier alpha value is -2.68. The van der Waals surface area contributed by atoms with Crippen molar-refractivity contribution in [2.24, 2.45) is 7.05 Å². The number of benzene rings is 2. The van der Waals surface area contributed by atoms with Crippen molar-refractivity contribution in [3.63, 3.8) is 0 Å². The second-order valence-corrected chi connectivity index (χ2v) is 6.34. The number of aromatic nitrogens is 4. The fourth-order valence-corrected chi connectivity index (χ4v) is 2.74. The Balaban J connectivity index is 1.71. The standard InChI is InChI=1S/C17H17BrFN5O2/c1-24-17(21-22-23-24)20-9-12-7-15(25-2)16(8-14(12)18)26-10-11-3-5-13(19)6-4-11/h3-8H,9-10H2,1-2H3,(H,20,21,23). The number of nitrogens with zero attached hydrogens (tertiary/aromatic N) is 4. The third-order valence-corrected chi connectivity index (χ3v) is 4.44. The summed E-state index contributed by atoms with van der Waals surface area (Å²) in [6, 6.07) is 9.90. The summed E-state index contributed by atoms with van der Waals surface area (Å²) in [5.74, 6) is 1.48. The molecule has 1 aromatic heterocycles. The molecule has 0 amide bonds. The van der Waals surface area contributed by atoms with Crippen LogP contribution in [0.1, 0.15) is 11.1 Å². The normalized spacial score (nSPS) is 10.6. The Kier molecular flexibility index (Phi) is 5.67. The van der Waals surface area contributed by atoms with Gasteiger partial charge < -0.3 is 14.8 Å². The monoisotopic (exact) mass is 421 g/mol. The molecule has 0 saturated carbocycles. The van der Waals surface area contributed by atoms with Gasteiger partial charge in [0.2, 0.25) is 5.95 Å². The van der Waals surface area contributed by atoms with Gasteiger partial charge in [-0.2, -0.15) is 0 Å². The number of rotatable bonds is 7. The number of anilines is 1. The van der Waals surface area contributed by atoms with Crippen LogP contribution in [0.25, 0.3) is 0 Å². The highest BCUT2D eigenvalue weighted by Crippen LogP contribution is 2.34. The Morgan fingerprint density at radius 1 is 1.19 bits per heavy atom. The molecule has 0 fully saturated rings. The van der Waals surface area contributed by atoms with Gasteiger partial charge in [-0.15, -0.1) is 0 Å². The van der Waals surface area contributed by atoms with Crippen LogP contribution in [-0.4, -0.2) is 27.3 Å². The Morgan fingerprint density at radius 2 is 1.96 bits per heavy atom. The van der Waals surface area contributed by atoms with E-state index in [0.717, 1.165) is 15.6 Å². The van der Waals surface area contributed by atoms with Crippen LogP contribution < -0.4 is 14.8 Å². The first kappa shape index (κ1) is 18.1. The number of hydrogen-bond acceptors (Lipinski definition) is 6. The maximum Gasteiger partial charge on any atom is 0.242 e. The summed E-state index contributed by atoms with van der Waals surface area (Å²) in [7, 11) is 3.34. The molecule has 0 aliphatic carbocycles. The SMILES string of the molecule is COc1cc(CNc2nnnn2C)c(Br)cc1OCc1ccc(F)cc1. The highest BCUT2D eigenvalue weighted by Gasteiger charge is 2.12. The molecule has 0 aliphatic rings. The van der Waals surface area contributed by atoms with Gasteiger partial charge in [-0.05, 0) is 45.8 Å². The molecule has 136 valence electrons. The number of aryl methyl sites for hydroxylation is 1. The molecule has 3 rings (SSSR count). The average Bonchev–Trinajstić information content (AvgIpc) is 3.05. The summed E-state index contributed by atoms with van der Waals surface area (Å²) in [5.41, 5.74) is 1.82. The van der Waals surface area contributed by atoms with Crippen molar-refractivity contribution in [2.45, 2.75) is 13.2 Å². The van der Waals surface area contributed by atoms with Gasteiger partial charge in [0.25, 0.3) is 0 Å². The van der Waals surface area contributed by atoms with E-state index in [0.29, 0.717) is 30.6 Å². The molecular weight excluding hydrogens is 405 g/mol. The molecule has 26 heavy (non-hydrogen) atoms. The first-order valence-corrected chi connectivity index (χ1v) is 8.56. The lowest BCUT2D eigenvalue weighted by molar-refractivity contribution is 0.284. The molecule has 9 heteroatoms. The Morgan fingerprint density at radius 3 is 2.62 bits per heavy atom. The first-order chi connectivity index (χ1) is 12.6. The Labute approximate surface area is 158 Å². The van der Waals surface area contributed by atoms with Gasteiger partial charge in [0.05, 0.1) is 7.11 Å². The largest absolute Gasteiger partial charge is 0.493 e. The lowest BCUT2D eigenvalue weighted by Gasteiger charge is -2.14. The van der Waals surface area contributed by atoms with Crippen LogP contribution in [0, 0.1) is 5.82 Å². The third kappa shape index (κ3) is 4.29. The molecule has 7 nitrogen and oxygen atoms in total. The maximum absolute atomic E-state index is 13.0. The van der Waals surface area contributed by atoms with E-state index in [9.17, 15) is 4.39 Å². The summed E-state index contributed by atoms with van der Waals surface area (Å²) < 4.78 is 26.6. The van der Waals surface area contributed by atoms with Gasteiger partial charge in [0, 0.05) is 18.1 Å². The minimum Gasteiger partial charge on any atom is -0.493 e. The predicted octanol–water partition coefficient (Wildman–Crippen LogP) is 3.31. The fraction of sp³-hybridized carbons (Fsp3) is 0.235. The van der Waals surface area contributed by atoms with E-state index in [1.165, 1.54) is 12.1 Å². The number of methoxy groups -OCH3 is 1. The summed E-state index contributed by atoms with van der Waals surface area (Å²) in [6.45, 7) is 0.814. The minimum atomic E-state index is -0.274. The van der Waals surface area contributed by atoms with Gasteiger partial charge in [-0.1, -0.05) is 33.2 Å². The van der Waals surface area contributed by atoms with E-state index in [4.69, 9.17) is 9.47 Å². The predicted molar refractivity (Wildman–Crippen MR) is 97.6 cm³/mol. The molecule has 0 saturated heterocycles. The number of nitrogens with one attached hydrogen (secondary N) is 1. The second kappa shape index (κ2) is 8.13. The number of halogens is 2. The van der Waals surface area contributed by atoms with E-state index in [1.807, 2.05) is 12.1 Å². The quantitative estimate of drug-likeness (QED) is 0.630. The molecule has 1 heterocycles. The second-order valence-electron chi connectivity index (χ2n) is 5.49. The Bertz CT molecular complexity index is 885. The third-order valence-electron chi connectivity index (χ3n) is 3.70. The highest BCUT2D eigenvalue weighted by atomic mass is 79.9. The first-order valence-electron chi connectivity index (χ1n) is 7.76. The molecule has 2 aromatic carbocycles. The lowest BCUT2D eigenvalue weighted by atomic mass is 10.2. The van der Waals surface area contributed by atoms with Gasteiger partial charge in [0.1, 0.15) is 12.4 Å². The van der Waals surface area contributed by atoms with Crippen molar-refractivity contribution in [3.05, 3.63) is 57.8 Å².